The van der Waals surface area contributed by atoms with E-state index >= 15 is 0 Å². The molecular weight excluding hydrogens is 234 g/mol. The molecule has 2 aromatic rings. The number of rotatable bonds is 4. The smallest absolute Gasteiger partial charge is 0.212 e. The van der Waals surface area contributed by atoms with Gasteiger partial charge in [-0.2, -0.15) is 0 Å². The number of aryl methyl sites for hydroxylation is 1. The van der Waals surface area contributed by atoms with E-state index in [0.717, 1.165) is 5.01 Å². The first kappa shape index (κ1) is 11.8. The van der Waals surface area contributed by atoms with Gasteiger partial charge in [0.2, 0.25) is 5.78 Å². The Morgan fingerprint density at radius 1 is 1.47 bits per heavy atom. The maximum absolute atomic E-state index is 12.1. The highest BCUT2D eigenvalue weighted by Gasteiger charge is 2.12. The monoisotopic (exact) mass is 247 g/mol. The van der Waals surface area contributed by atoms with Gasteiger partial charge < -0.3 is 4.74 Å². The van der Waals surface area contributed by atoms with Crippen LogP contribution in [0.25, 0.3) is 0 Å². The van der Waals surface area contributed by atoms with E-state index in [9.17, 15) is 4.79 Å². The normalized spacial score (nSPS) is 10.2. The first-order chi connectivity index (χ1) is 8.20. The van der Waals surface area contributed by atoms with Crippen LogP contribution in [0.15, 0.2) is 29.6 Å². The van der Waals surface area contributed by atoms with E-state index in [1.165, 1.54) is 11.3 Å². The molecule has 1 aromatic heterocycles. The number of aromatic nitrogens is 1. The molecule has 0 bridgehead atoms. The zero-order chi connectivity index (χ0) is 12.3. The summed E-state index contributed by atoms with van der Waals surface area (Å²) < 4.78 is 5.37. The predicted octanol–water partition coefficient (Wildman–Crippen LogP) is 3.08. The van der Waals surface area contributed by atoms with Crippen molar-refractivity contribution in [3.8, 4) is 5.75 Å². The van der Waals surface area contributed by atoms with Crippen molar-refractivity contribution in [3.63, 3.8) is 0 Å². The fourth-order valence-electron chi connectivity index (χ4n) is 1.51. The Morgan fingerprint density at radius 2 is 2.29 bits per heavy atom. The van der Waals surface area contributed by atoms with E-state index in [1.54, 1.807) is 17.5 Å². The minimum Gasteiger partial charge on any atom is -0.494 e. The van der Waals surface area contributed by atoms with Crippen LogP contribution in [0, 0.1) is 6.92 Å². The molecule has 4 heteroatoms. The second kappa shape index (κ2) is 5.10. The quantitative estimate of drug-likeness (QED) is 0.779. The first-order valence-electron chi connectivity index (χ1n) is 5.40. The zero-order valence-electron chi connectivity index (χ0n) is 9.77. The summed E-state index contributed by atoms with van der Waals surface area (Å²) in [6.07, 6.45) is 0. The first-order valence-corrected chi connectivity index (χ1v) is 6.28. The van der Waals surface area contributed by atoms with Gasteiger partial charge in [-0.25, -0.2) is 4.98 Å². The Bertz CT molecular complexity index is 534. The van der Waals surface area contributed by atoms with Crippen molar-refractivity contribution >= 4 is 17.1 Å². The lowest BCUT2D eigenvalue weighted by atomic mass is 10.1. The summed E-state index contributed by atoms with van der Waals surface area (Å²) in [5, 5.41) is 2.68. The van der Waals surface area contributed by atoms with Gasteiger partial charge in [-0.05, 0) is 26.0 Å². The summed E-state index contributed by atoms with van der Waals surface area (Å²) >= 11 is 1.48. The maximum Gasteiger partial charge on any atom is 0.212 e. The molecule has 0 radical (unpaired) electrons. The maximum atomic E-state index is 12.1. The molecule has 0 fully saturated rings. The van der Waals surface area contributed by atoms with Crippen LogP contribution < -0.4 is 4.74 Å². The van der Waals surface area contributed by atoms with Crippen LogP contribution in [-0.2, 0) is 0 Å². The summed E-state index contributed by atoms with van der Waals surface area (Å²) in [4.78, 5) is 16.3. The minimum atomic E-state index is -0.0593. The van der Waals surface area contributed by atoms with Crippen LogP contribution in [0.4, 0.5) is 0 Å². The predicted molar refractivity (Wildman–Crippen MR) is 67.9 cm³/mol. The van der Waals surface area contributed by atoms with Gasteiger partial charge in [0.05, 0.1) is 11.6 Å². The second-order valence-corrected chi connectivity index (χ2v) is 4.60. The Morgan fingerprint density at radius 3 is 2.94 bits per heavy atom. The number of carbonyl (C=O) groups is 1. The van der Waals surface area contributed by atoms with Gasteiger partial charge in [-0.1, -0.05) is 12.1 Å². The molecular formula is C13H13NO2S. The van der Waals surface area contributed by atoms with Gasteiger partial charge in [0.1, 0.15) is 11.4 Å². The Balaban J connectivity index is 2.27. The third kappa shape index (κ3) is 2.71. The van der Waals surface area contributed by atoms with Crippen LogP contribution in [0.2, 0.25) is 0 Å². The van der Waals surface area contributed by atoms with Crippen molar-refractivity contribution in [1.29, 1.82) is 0 Å². The molecule has 0 N–H and O–H groups in total. The average Bonchev–Trinajstić information content (AvgIpc) is 2.76. The molecule has 1 heterocycles. The SMILES string of the molecule is CCOc1cccc(C(=O)c2csc(C)n2)c1. The molecule has 2 rings (SSSR count). The van der Waals surface area contributed by atoms with Crippen molar-refractivity contribution < 1.29 is 9.53 Å². The molecule has 0 atom stereocenters. The lowest BCUT2D eigenvalue weighted by Crippen LogP contribution is -2.02. The highest BCUT2D eigenvalue weighted by Crippen LogP contribution is 2.17. The average molecular weight is 247 g/mol. The van der Waals surface area contributed by atoms with Crippen LogP contribution >= 0.6 is 11.3 Å². The Kier molecular flexibility index (Phi) is 3.54. The zero-order valence-corrected chi connectivity index (χ0v) is 10.6. The standard InChI is InChI=1S/C13H13NO2S/c1-3-16-11-6-4-5-10(7-11)13(15)12-8-17-9(2)14-12/h4-8H,3H2,1-2H3. The number of benzene rings is 1. The lowest BCUT2D eigenvalue weighted by Gasteiger charge is -2.04. The molecule has 0 spiro atoms. The fraction of sp³-hybridized carbons (Fsp3) is 0.231. The molecule has 0 saturated heterocycles. The van der Waals surface area contributed by atoms with E-state index < -0.39 is 0 Å². The number of hydrogen-bond donors (Lipinski definition) is 0. The molecule has 17 heavy (non-hydrogen) atoms. The molecule has 0 saturated carbocycles. The van der Waals surface area contributed by atoms with Gasteiger partial charge in [0, 0.05) is 10.9 Å². The molecule has 0 amide bonds. The van der Waals surface area contributed by atoms with Gasteiger partial charge in [0.25, 0.3) is 0 Å². The van der Waals surface area contributed by atoms with Gasteiger partial charge in [-0.15, -0.1) is 11.3 Å². The van der Waals surface area contributed by atoms with Crippen molar-refractivity contribution in [2.45, 2.75) is 13.8 Å². The van der Waals surface area contributed by atoms with Crippen LogP contribution in [0.3, 0.4) is 0 Å². The van der Waals surface area contributed by atoms with Crippen LogP contribution in [0.5, 0.6) is 5.75 Å². The van der Waals surface area contributed by atoms with Crippen LogP contribution in [-0.4, -0.2) is 17.4 Å². The van der Waals surface area contributed by atoms with Gasteiger partial charge in [-0.3, -0.25) is 4.79 Å². The highest BCUT2D eigenvalue weighted by atomic mass is 32.1. The largest absolute Gasteiger partial charge is 0.494 e. The molecule has 0 aliphatic heterocycles. The molecule has 88 valence electrons. The van der Waals surface area contributed by atoms with E-state index in [0.29, 0.717) is 23.6 Å². The van der Waals surface area contributed by atoms with Crippen LogP contribution in [0.1, 0.15) is 28.0 Å². The summed E-state index contributed by atoms with van der Waals surface area (Å²) in [7, 11) is 0. The Labute approximate surface area is 104 Å². The van der Waals surface area contributed by atoms with E-state index in [1.807, 2.05) is 26.0 Å². The summed E-state index contributed by atoms with van der Waals surface area (Å²) in [6, 6.07) is 7.18. The molecule has 0 unspecified atom stereocenters. The lowest BCUT2D eigenvalue weighted by molar-refractivity contribution is 0.103. The van der Waals surface area contributed by atoms with Gasteiger partial charge in [0.15, 0.2) is 0 Å². The highest BCUT2D eigenvalue weighted by molar-refractivity contribution is 7.09. The third-order valence-electron chi connectivity index (χ3n) is 2.26. The second-order valence-electron chi connectivity index (χ2n) is 3.54. The third-order valence-corrected chi connectivity index (χ3v) is 3.03. The topological polar surface area (TPSA) is 39.2 Å². The van der Waals surface area contributed by atoms with Crippen molar-refractivity contribution in [2.24, 2.45) is 0 Å². The summed E-state index contributed by atoms with van der Waals surface area (Å²) in [5.41, 5.74) is 1.11. The number of ether oxygens (including phenoxy) is 1. The van der Waals surface area contributed by atoms with E-state index in [2.05, 4.69) is 4.98 Å². The molecule has 0 aliphatic carbocycles. The van der Waals surface area contributed by atoms with Crippen molar-refractivity contribution in [1.82, 2.24) is 4.98 Å². The number of ketones is 1. The minimum absolute atomic E-state index is 0.0593. The van der Waals surface area contributed by atoms with E-state index in [-0.39, 0.29) is 5.78 Å². The van der Waals surface area contributed by atoms with Crippen molar-refractivity contribution in [3.05, 3.63) is 45.9 Å². The molecule has 0 aliphatic rings. The van der Waals surface area contributed by atoms with Crippen molar-refractivity contribution in [2.75, 3.05) is 6.61 Å². The summed E-state index contributed by atoms with van der Waals surface area (Å²) in [6.45, 7) is 4.39. The van der Waals surface area contributed by atoms with Gasteiger partial charge >= 0.3 is 0 Å². The fourth-order valence-corrected chi connectivity index (χ4v) is 2.10. The number of carbonyl (C=O) groups excluding carboxylic acids is 1. The molecule has 1 aromatic carbocycles. The number of nitrogens with zero attached hydrogens (tertiary/aromatic N) is 1. The Hall–Kier alpha value is -1.68. The summed E-state index contributed by atoms with van der Waals surface area (Å²) in [5.74, 6) is 0.654. The number of thiazole rings is 1. The molecule has 3 nitrogen and oxygen atoms in total. The number of hydrogen-bond acceptors (Lipinski definition) is 4. The van der Waals surface area contributed by atoms with E-state index in [4.69, 9.17) is 4.74 Å².